The lowest BCUT2D eigenvalue weighted by Crippen LogP contribution is -2.25. The largest absolute Gasteiger partial charge is 0.459 e. The van der Waals surface area contributed by atoms with Gasteiger partial charge in [0.25, 0.3) is 0 Å². The Kier molecular flexibility index (Phi) is 7.11. The molecule has 1 fully saturated rings. The average Bonchev–Trinajstić information content (AvgIpc) is 3.17. The smallest absolute Gasteiger partial charge is 0.420 e. The summed E-state index contributed by atoms with van der Waals surface area (Å²) in [7, 11) is 0. The number of hydrogen-bond donors (Lipinski definition) is 2. The molecule has 4 rings (SSSR count). The van der Waals surface area contributed by atoms with Crippen LogP contribution in [0.1, 0.15) is 42.9 Å². The molecule has 0 unspecified atom stereocenters. The van der Waals surface area contributed by atoms with Crippen molar-refractivity contribution in [3.8, 4) is 11.5 Å². The molecule has 12 heteroatoms. The highest BCUT2D eigenvalue weighted by atomic mass is 19.4. The van der Waals surface area contributed by atoms with Crippen LogP contribution in [0.2, 0.25) is 0 Å². The second-order valence-corrected chi connectivity index (χ2v) is 8.70. The first-order chi connectivity index (χ1) is 17.4. The minimum Gasteiger partial charge on any atom is -0.459 e. The average molecular weight is 528 g/mol. The lowest BCUT2D eigenvalue weighted by Gasteiger charge is -2.24. The molecule has 0 aliphatic heterocycles. The van der Waals surface area contributed by atoms with Crippen molar-refractivity contribution in [1.29, 1.82) is 0 Å². The number of alkyl halides is 6. The zero-order valence-corrected chi connectivity index (χ0v) is 19.5. The van der Waals surface area contributed by atoms with Crippen LogP contribution in [0.15, 0.2) is 36.5 Å². The summed E-state index contributed by atoms with van der Waals surface area (Å²) in [6, 6.07) is 4.76. The number of fused-ring (bicyclic) bond motifs is 1. The van der Waals surface area contributed by atoms with E-state index in [0.29, 0.717) is 11.4 Å². The molecule has 6 nitrogen and oxygen atoms in total. The summed E-state index contributed by atoms with van der Waals surface area (Å²) < 4.78 is 92.9. The highest BCUT2D eigenvalue weighted by Gasteiger charge is 2.43. The van der Waals surface area contributed by atoms with E-state index in [-0.39, 0.29) is 24.5 Å². The minimum absolute atomic E-state index is 0.214. The molecular weight excluding hydrogens is 506 g/mol. The van der Waals surface area contributed by atoms with Gasteiger partial charge in [0.15, 0.2) is 5.75 Å². The van der Waals surface area contributed by atoms with Gasteiger partial charge in [0.2, 0.25) is 0 Å². The van der Waals surface area contributed by atoms with Gasteiger partial charge in [-0.3, -0.25) is 4.79 Å². The molecule has 0 radical (unpaired) electrons. The number of carbonyl (C=O) groups is 2. The Hall–Kier alpha value is -3.70. The van der Waals surface area contributed by atoms with Gasteiger partial charge in [-0.05, 0) is 49.1 Å². The van der Waals surface area contributed by atoms with E-state index in [9.17, 15) is 35.9 Å². The topological polar surface area (TPSA) is 80.4 Å². The number of nitrogens with one attached hydrogen (secondary N) is 2. The Morgan fingerprint density at radius 2 is 1.68 bits per heavy atom. The number of halogens is 6. The van der Waals surface area contributed by atoms with Crippen molar-refractivity contribution in [3.05, 3.63) is 53.2 Å². The fourth-order valence-corrected chi connectivity index (χ4v) is 4.13. The highest BCUT2D eigenvalue weighted by Crippen LogP contribution is 2.47. The van der Waals surface area contributed by atoms with Gasteiger partial charge >= 0.3 is 24.2 Å². The number of H-pyrrole nitrogens is 1. The molecule has 2 aromatic carbocycles. The van der Waals surface area contributed by atoms with Crippen LogP contribution in [0.3, 0.4) is 0 Å². The van der Waals surface area contributed by atoms with Crippen molar-refractivity contribution in [2.24, 2.45) is 5.92 Å². The van der Waals surface area contributed by atoms with E-state index in [1.165, 1.54) is 25.5 Å². The van der Waals surface area contributed by atoms with Crippen LogP contribution in [0.4, 0.5) is 32.0 Å². The monoisotopic (exact) mass is 528 g/mol. The molecule has 1 aromatic heterocycles. The predicted octanol–water partition coefficient (Wildman–Crippen LogP) is 6.84. The molecule has 1 heterocycles. The SMILES string of the molecule is CCOC(=O)C(=O)Nc1cc(C(F)(F)F)c(Oc2ccc3c(CC4CCC4)c[nH]c3c2)c(C(F)(F)F)c1. The van der Waals surface area contributed by atoms with E-state index >= 15 is 0 Å². The molecule has 1 saturated carbocycles. The fourth-order valence-electron chi connectivity index (χ4n) is 4.13. The van der Waals surface area contributed by atoms with Crippen molar-refractivity contribution in [1.82, 2.24) is 4.98 Å². The van der Waals surface area contributed by atoms with Crippen LogP contribution >= 0.6 is 0 Å². The molecular formula is C25H22F6N2O4. The molecule has 0 bridgehead atoms. The zero-order valence-electron chi connectivity index (χ0n) is 19.5. The summed E-state index contributed by atoms with van der Waals surface area (Å²) in [4.78, 5) is 26.3. The number of amides is 1. The normalized spacial score (nSPS) is 14.4. The van der Waals surface area contributed by atoms with Gasteiger partial charge in [0.05, 0.1) is 6.61 Å². The number of benzene rings is 2. The number of ether oxygens (including phenoxy) is 2. The number of aromatic nitrogens is 1. The molecule has 1 amide bonds. The Bertz CT molecular complexity index is 1290. The first kappa shape index (κ1) is 26.4. The van der Waals surface area contributed by atoms with Crippen molar-refractivity contribution in [2.75, 3.05) is 11.9 Å². The molecule has 0 atom stereocenters. The van der Waals surface area contributed by atoms with E-state index in [2.05, 4.69) is 9.72 Å². The van der Waals surface area contributed by atoms with E-state index in [1.54, 1.807) is 17.6 Å². The van der Waals surface area contributed by atoms with E-state index in [1.807, 2.05) is 0 Å². The maximum Gasteiger partial charge on any atom is 0.420 e. The van der Waals surface area contributed by atoms with Crippen molar-refractivity contribution >= 4 is 28.5 Å². The van der Waals surface area contributed by atoms with E-state index in [4.69, 9.17) is 4.74 Å². The number of rotatable bonds is 6. The molecule has 37 heavy (non-hydrogen) atoms. The Labute approximate surface area is 206 Å². The molecule has 2 N–H and O–H groups in total. The maximum atomic E-state index is 13.9. The van der Waals surface area contributed by atoms with Crippen LogP contribution < -0.4 is 10.1 Å². The first-order valence-electron chi connectivity index (χ1n) is 11.4. The number of anilines is 1. The van der Waals surface area contributed by atoms with Gasteiger partial charge in [-0.1, -0.05) is 19.3 Å². The number of esters is 1. The Morgan fingerprint density at radius 1 is 1.03 bits per heavy atom. The molecule has 3 aromatic rings. The van der Waals surface area contributed by atoms with Crippen LogP contribution in [0.5, 0.6) is 11.5 Å². The third-order valence-electron chi connectivity index (χ3n) is 6.11. The second kappa shape index (κ2) is 9.98. The van der Waals surface area contributed by atoms with E-state index < -0.39 is 46.8 Å². The predicted molar refractivity (Wildman–Crippen MR) is 121 cm³/mol. The molecule has 198 valence electrons. The summed E-state index contributed by atoms with van der Waals surface area (Å²) >= 11 is 0. The summed E-state index contributed by atoms with van der Waals surface area (Å²) in [6.07, 6.45) is -4.57. The van der Waals surface area contributed by atoms with Gasteiger partial charge in [0.1, 0.15) is 16.9 Å². The second-order valence-electron chi connectivity index (χ2n) is 8.70. The van der Waals surface area contributed by atoms with Gasteiger partial charge in [-0.25, -0.2) is 4.79 Å². The van der Waals surface area contributed by atoms with Crippen molar-refractivity contribution in [2.45, 2.75) is 45.0 Å². The standard InChI is InChI=1S/C25H22F6N2O4/c1-2-36-23(35)22(34)33-15-9-18(24(26,27)28)21(19(10-15)25(29,30)31)37-16-6-7-17-14(8-13-4-3-5-13)12-32-20(17)11-16/h6-7,9-13,32H,2-5,8H2,1H3,(H,33,34). The third kappa shape index (κ3) is 5.83. The van der Waals surface area contributed by atoms with Crippen molar-refractivity contribution in [3.63, 3.8) is 0 Å². The van der Waals surface area contributed by atoms with Crippen LogP contribution in [0, 0.1) is 5.92 Å². The fraction of sp³-hybridized carbons (Fsp3) is 0.360. The summed E-state index contributed by atoms with van der Waals surface area (Å²) in [5.41, 5.74) is -2.94. The molecule has 0 spiro atoms. The summed E-state index contributed by atoms with van der Waals surface area (Å²) in [6.45, 7) is 1.16. The lowest BCUT2D eigenvalue weighted by molar-refractivity contribution is -0.152. The minimum atomic E-state index is -5.29. The molecule has 0 saturated heterocycles. The number of aromatic amines is 1. The van der Waals surface area contributed by atoms with Gasteiger partial charge in [0, 0.05) is 28.9 Å². The van der Waals surface area contributed by atoms with E-state index in [0.717, 1.165) is 30.2 Å². The van der Waals surface area contributed by atoms with Crippen molar-refractivity contribution < 1.29 is 45.4 Å². The van der Waals surface area contributed by atoms with Crippen LogP contribution in [-0.2, 0) is 33.1 Å². The number of carbonyl (C=O) groups excluding carboxylic acids is 2. The number of hydrogen-bond acceptors (Lipinski definition) is 4. The van der Waals surface area contributed by atoms with Gasteiger partial charge in [-0.2, -0.15) is 26.3 Å². The van der Waals surface area contributed by atoms with Gasteiger partial charge in [-0.15, -0.1) is 0 Å². The Morgan fingerprint density at radius 3 is 2.22 bits per heavy atom. The van der Waals surface area contributed by atoms with Crippen LogP contribution in [-0.4, -0.2) is 23.5 Å². The third-order valence-corrected chi connectivity index (χ3v) is 6.11. The first-order valence-corrected chi connectivity index (χ1v) is 11.4. The quantitative estimate of drug-likeness (QED) is 0.209. The summed E-state index contributed by atoms with van der Waals surface area (Å²) in [5.74, 6) is -4.15. The van der Waals surface area contributed by atoms with Crippen LogP contribution in [0.25, 0.3) is 10.9 Å². The lowest BCUT2D eigenvalue weighted by atomic mass is 9.81. The Balaban J connectivity index is 1.72. The zero-order chi connectivity index (χ0) is 27.0. The van der Waals surface area contributed by atoms with Gasteiger partial charge < -0.3 is 19.8 Å². The summed E-state index contributed by atoms with van der Waals surface area (Å²) in [5, 5.41) is 2.53. The molecule has 1 aliphatic carbocycles. The maximum absolute atomic E-state index is 13.9. The highest BCUT2D eigenvalue weighted by molar-refractivity contribution is 6.37. The molecule has 1 aliphatic rings.